The number of nitrogens with one attached hydrogen (secondary N) is 1. The summed E-state index contributed by atoms with van der Waals surface area (Å²) < 4.78 is 0.731. The molecule has 3 nitrogen and oxygen atoms in total. The lowest BCUT2D eigenvalue weighted by atomic mass is 10.7. The average Bonchev–Trinajstić information content (AvgIpc) is 2.14. The summed E-state index contributed by atoms with van der Waals surface area (Å²) in [6.07, 6.45) is 1.54. The van der Waals surface area contributed by atoms with Gasteiger partial charge in [0.1, 0.15) is 10.7 Å². The smallest absolute Gasteiger partial charge is 0.210 e. The fraction of sp³-hybridized carbons (Fsp3) is 0. The first-order valence-electron chi connectivity index (χ1n) is 1.93. The molecule has 0 aliphatic heterocycles. The maximum absolute atomic E-state index is 8.19. The Bertz CT molecular complexity index is 221. The maximum Gasteiger partial charge on any atom is 0.210 e. The molecule has 0 atom stereocenters. The first kappa shape index (κ1) is 5.32. The van der Waals surface area contributed by atoms with Crippen molar-refractivity contribution < 1.29 is 0 Å². The van der Waals surface area contributed by atoms with Gasteiger partial charge in [-0.15, -0.1) is 0 Å². The van der Waals surface area contributed by atoms with E-state index in [2.05, 4.69) is 25.9 Å². The summed E-state index contributed by atoms with van der Waals surface area (Å²) in [4.78, 5) is 6.34. The number of nitriles is 1. The number of hydrogen-bond acceptors (Lipinski definition) is 2. The van der Waals surface area contributed by atoms with Crippen LogP contribution < -0.4 is 0 Å². The quantitative estimate of drug-likeness (QED) is 0.635. The Balaban J connectivity index is 3.05. The lowest BCUT2D eigenvalue weighted by molar-refractivity contribution is 1.22. The second-order valence-corrected chi connectivity index (χ2v) is 2.05. The van der Waals surface area contributed by atoms with E-state index in [1.165, 1.54) is 0 Å². The van der Waals surface area contributed by atoms with Crippen molar-refractivity contribution in [2.24, 2.45) is 0 Å². The van der Waals surface area contributed by atoms with Crippen molar-refractivity contribution in [3.05, 3.63) is 16.6 Å². The van der Waals surface area contributed by atoms with Crippen LogP contribution in [0.3, 0.4) is 0 Å². The van der Waals surface area contributed by atoms with Crippen LogP contribution in [0.15, 0.2) is 10.8 Å². The third kappa shape index (κ3) is 0.873. The SMILES string of the molecule is N#Cc1ncc(Br)[nH]1. The fourth-order valence-electron chi connectivity index (χ4n) is 0.356. The number of hydrogen-bond donors (Lipinski definition) is 1. The number of aromatic nitrogens is 2. The van der Waals surface area contributed by atoms with Crippen molar-refractivity contribution in [2.45, 2.75) is 0 Å². The molecule has 0 aromatic carbocycles. The third-order valence-corrected chi connectivity index (χ3v) is 1.05. The summed E-state index contributed by atoms with van der Waals surface area (Å²) in [5, 5.41) is 8.19. The highest BCUT2D eigenvalue weighted by Crippen LogP contribution is 2.02. The molecule has 0 saturated carbocycles. The predicted octanol–water partition coefficient (Wildman–Crippen LogP) is 1.04. The van der Waals surface area contributed by atoms with E-state index in [0.29, 0.717) is 5.82 Å². The molecule has 40 valence electrons. The van der Waals surface area contributed by atoms with Gasteiger partial charge in [0, 0.05) is 0 Å². The lowest BCUT2D eigenvalue weighted by Gasteiger charge is -1.70. The van der Waals surface area contributed by atoms with E-state index in [0.717, 1.165) is 4.60 Å². The van der Waals surface area contributed by atoms with E-state index in [9.17, 15) is 0 Å². The number of rotatable bonds is 0. The zero-order chi connectivity index (χ0) is 5.98. The summed E-state index contributed by atoms with van der Waals surface area (Å²) in [5.41, 5.74) is 0. The first-order chi connectivity index (χ1) is 3.83. The highest BCUT2D eigenvalue weighted by atomic mass is 79.9. The van der Waals surface area contributed by atoms with Crippen molar-refractivity contribution in [2.75, 3.05) is 0 Å². The molecule has 0 aliphatic rings. The molecule has 0 amide bonds. The van der Waals surface area contributed by atoms with Crippen LogP contribution >= 0.6 is 15.9 Å². The summed E-state index contributed by atoms with van der Waals surface area (Å²) in [6.45, 7) is 0. The average molecular weight is 172 g/mol. The van der Waals surface area contributed by atoms with Crippen molar-refractivity contribution in [1.82, 2.24) is 9.97 Å². The highest BCUT2D eigenvalue weighted by Gasteiger charge is 1.91. The van der Waals surface area contributed by atoms with E-state index in [1.807, 2.05) is 6.07 Å². The molecule has 0 unspecified atom stereocenters. The number of halogens is 1. The van der Waals surface area contributed by atoms with Gasteiger partial charge in [-0.2, -0.15) is 5.26 Å². The van der Waals surface area contributed by atoms with Crippen LogP contribution in [0, 0.1) is 11.3 Å². The van der Waals surface area contributed by atoms with Crippen molar-refractivity contribution >= 4 is 15.9 Å². The fourth-order valence-corrected chi connectivity index (χ4v) is 0.646. The van der Waals surface area contributed by atoms with Crippen LogP contribution in [-0.2, 0) is 0 Å². The van der Waals surface area contributed by atoms with Gasteiger partial charge in [0.25, 0.3) is 0 Å². The van der Waals surface area contributed by atoms with Crippen LogP contribution in [-0.4, -0.2) is 9.97 Å². The second kappa shape index (κ2) is 1.97. The molecule has 0 spiro atoms. The highest BCUT2D eigenvalue weighted by molar-refractivity contribution is 9.10. The normalized spacial score (nSPS) is 8.50. The van der Waals surface area contributed by atoms with Crippen LogP contribution in [0.25, 0.3) is 0 Å². The molecule has 0 aliphatic carbocycles. The largest absolute Gasteiger partial charge is 0.324 e. The van der Waals surface area contributed by atoms with Crippen LogP contribution in [0.2, 0.25) is 0 Å². The number of imidazole rings is 1. The Kier molecular flexibility index (Phi) is 1.31. The van der Waals surface area contributed by atoms with Crippen molar-refractivity contribution in [1.29, 1.82) is 5.26 Å². The lowest BCUT2D eigenvalue weighted by Crippen LogP contribution is -1.71. The zero-order valence-electron chi connectivity index (χ0n) is 3.85. The zero-order valence-corrected chi connectivity index (χ0v) is 5.44. The Hall–Kier alpha value is -0.820. The van der Waals surface area contributed by atoms with E-state index in [1.54, 1.807) is 6.20 Å². The first-order valence-corrected chi connectivity index (χ1v) is 2.73. The predicted molar refractivity (Wildman–Crippen MR) is 31.0 cm³/mol. The van der Waals surface area contributed by atoms with Gasteiger partial charge in [-0.05, 0) is 15.9 Å². The molecule has 0 radical (unpaired) electrons. The Morgan fingerprint density at radius 3 is 2.88 bits per heavy atom. The Morgan fingerprint density at radius 2 is 2.62 bits per heavy atom. The molecular weight excluding hydrogens is 170 g/mol. The Morgan fingerprint density at radius 1 is 1.88 bits per heavy atom. The summed E-state index contributed by atoms with van der Waals surface area (Å²) >= 11 is 3.10. The van der Waals surface area contributed by atoms with Gasteiger partial charge in [0.2, 0.25) is 5.82 Å². The van der Waals surface area contributed by atoms with Gasteiger partial charge >= 0.3 is 0 Å². The van der Waals surface area contributed by atoms with Gasteiger partial charge in [0.05, 0.1) is 6.20 Å². The molecule has 8 heavy (non-hydrogen) atoms. The van der Waals surface area contributed by atoms with Gasteiger partial charge in [-0.1, -0.05) is 0 Å². The van der Waals surface area contributed by atoms with E-state index < -0.39 is 0 Å². The Labute approximate surface area is 54.5 Å². The minimum Gasteiger partial charge on any atom is -0.324 e. The van der Waals surface area contributed by atoms with Crippen LogP contribution in [0.5, 0.6) is 0 Å². The van der Waals surface area contributed by atoms with Gasteiger partial charge in [0.15, 0.2) is 0 Å². The van der Waals surface area contributed by atoms with E-state index >= 15 is 0 Å². The van der Waals surface area contributed by atoms with E-state index in [-0.39, 0.29) is 0 Å². The molecule has 1 aromatic rings. The van der Waals surface area contributed by atoms with Crippen LogP contribution in [0.4, 0.5) is 0 Å². The minimum absolute atomic E-state index is 0.330. The molecule has 1 aromatic heterocycles. The third-order valence-electron chi connectivity index (χ3n) is 0.651. The second-order valence-electron chi connectivity index (χ2n) is 1.19. The van der Waals surface area contributed by atoms with E-state index in [4.69, 9.17) is 5.26 Å². The maximum atomic E-state index is 8.19. The topological polar surface area (TPSA) is 52.5 Å². The van der Waals surface area contributed by atoms with Gasteiger partial charge < -0.3 is 4.98 Å². The summed E-state index contributed by atoms with van der Waals surface area (Å²) in [7, 11) is 0. The summed E-state index contributed by atoms with van der Waals surface area (Å²) in [6, 6.07) is 1.85. The number of aromatic amines is 1. The molecule has 0 fully saturated rings. The molecule has 0 saturated heterocycles. The molecule has 1 rings (SSSR count). The standard InChI is InChI=1S/C4H2BrN3/c5-3-2-7-4(1-6)8-3/h2H,(H,7,8). The van der Waals surface area contributed by atoms with Crippen molar-refractivity contribution in [3.63, 3.8) is 0 Å². The molecule has 1 heterocycles. The van der Waals surface area contributed by atoms with Gasteiger partial charge in [-0.3, -0.25) is 0 Å². The number of nitrogens with zero attached hydrogens (tertiary/aromatic N) is 2. The minimum atomic E-state index is 0.330. The number of H-pyrrole nitrogens is 1. The van der Waals surface area contributed by atoms with Crippen LogP contribution in [0.1, 0.15) is 5.82 Å². The molecular formula is C4H2BrN3. The monoisotopic (exact) mass is 171 g/mol. The molecule has 4 heteroatoms. The summed E-state index contributed by atoms with van der Waals surface area (Å²) in [5.74, 6) is 0.330. The van der Waals surface area contributed by atoms with Gasteiger partial charge in [-0.25, -0.2) is 4.98 Å². The molecule has 0 bridgehead atoms. The molecule has 1 N–H and O–H groups in total. The van der Waals surface area contributed by atoms with Crippen molar-refractivity contribution in [3.8, 4) is 6.07 Å².